The lowest BCUT2D eigenvalue weighted by Crippen LogP contribution is -2.42. The van der Waals surface area contributed by atoms with E-state index in [0.717, 1.165) is 23.3 Å². The fourth-order valence-corrected chi connectivity index (χ4v) is 3.49. The Labute approximate surface area is 156 Å². The van der Waals surface area contributed by atoms with Crippen molar-refractivity contribution in [3.05, 3.63) is 58.0 Å². The summed E-state index contributed by atoms with van der Waals surface area (Å²) in [6.07, 6.45) is 2.08. The highest BCUT2D eigenvalue weighted by Gasteiger charge is 2.24. The summed E-state index contributed by atoms with van der Waals surface area (Å²) in [5.41, 5.74) is 0.816. The van der Waals surface area contributed by atoms with Crippen molar-refractivity contribution in [1.29, 1.82) is 0 Å². The molecule has 1 saturated carbocycles. The summed E-state index contributed by atoms with van der Waals surface area (Å²) in [5.74, 6) is -0.558. The molecule has 2 amide bonds. The first-order valence-corrected chi connectivity index (χ1v) is 9.45. The average molecular weight is 375 g/mol. The normalized spacial score (nSPS) is 14.9. The average Bonchev–Trinajstić information content (AvgIpc) is 3.23. The fraction of sp³-hybridized carbons (Fsp3) is 0.368. The van der Waals surface area contributed by atoms with E-state index in [1.807, 2.05) is 17.5 Å². The van der Waals surface area contributed by atoms with E-state index in [4.69, 9.17) is 0 Å². The van der Waals surface area contributed by atoms with Crippen LogP contribution in [0, 0.1) is 5.82 Å². The lowest BCUT2D eigenvalue weighted by atomic mass is 10.1. The Morgan fingerprint density at radius 2 is 1.88 bits per heavy atom. The number of amides is 2. The number of thiophene rings is 1. The summed E-state index contributed by atoms with van der Waals surface area (Å²) in [6, 6.07) is 9.94. The summed E-state index contributed by atoms with van der Waals surface area (Å²) in [5, 5.41) is 7.83. The molecule has 5 nitrogen and oxygen atoms in total. The molecule has 0 spiro atoms. The van der Waals surface area contributed by atoms with Crippen LogP contribution >= 0.6 is 11.3 Å². The van der Waals surface area contributed by atoms with Crippen molar-refractivity contribution in [2.75, 3.05) is 20.1 Å². The number of hydrogen-bond acceptors (Lipinski definition) is 4. The smallest absolute Gasteiger partial charge is 0.234 e. The SMILES string of the molecule is CN(CC(=O)NC1CC1)CC(=O)N[C@@H](c1ccc(F)cc1)c1cccs1. The van der Waals surface area contributed by atoms with Crippen LogP contribution in [0.5, 0.6) is 0 Å². The monoisotopic (exact) mass is 375 g/mol. The molecule has 7 heteroatoms. The van der Waals surface area contributed by atoms with Crippen LogP contribution in [0.1, 0.15) is 29.3 Å². The zero-order valence-electron chi connectivity index (χ0n) is 14.6. The molecule has 1 heterocycles. The van der Waals surface area contributed by atoms with Gasteiger partial charge in [0.2, 0.25) is 11.8 Å². The lowest BCUT2D eigenvalue weighted by molar-refractivity contribution is -0.124. The third-order valence-electron chi connectivity index (χ3n) is 4.11. The molecule has 1 fully saturated rings. The molecule has 0 bridgehead atoms. The van der Waals surface area contributed by atoms with Gasteiger partial charge in [0.05, 0.1) is 19.1 Å². The van der Waals surface area contributed by atoms with Crippen LogP contribution in [-0.2, 0) is 9.59 Å². The number of benzene rings is 1. The van der Waals surface area contributed by atoms with Crippen molar-refractivity contribution in [2.45, 2.75) is 24.9 Å². The maximum atomic E-state index is 13.2. The summed E-state index contributed by atoms with van der Waals surface area (Å²) >= 11 is 1.53. The van der Waals surface area contributed by atoms with Gasteiger partial charge in [0.15, 0.2) is 0 Å². The molecule has 26 heavy (non-hydrogen) atoms. The highest BCUT2D eigenvalue weighted by molar-refractivity contribution is 7.10. The number of hydrogen-bond donors (Lipinski definition) is 2. The summed E-state index contributed by atoms with van der Waals surface area (Å²) < 4.78 is 13.2. The van der Waals surface area contributed by atoms with E-state index in [0.29, 0.717) is 6.04 Å². The number of carbonyl (C=O) groups excluding carboxylic acids is 2. The molecule has 1 aromatic carbocycles. The molecule has 1 aromatic heterocycles. The second-order valence-corrected chi connectivity index (χ2v) is 7.56. The second-order valence-electron chi connectivity index (χ2n) is 6.58. The molecule has 1 aliphatic rings. The minimum atomic E-state index is -0.336. The number of nitrogens with one attached hydrogen (secondary N) is 2. The molecule has 1 aliphatic carbocycles. The third-order valence-corrected chi connectivity index (χ3v) is 5.04. The Balaban J connectivity index is 1.59. The van der Waals surface area contributed by atoms with Gasteiger partial charge in [-0.3, -0.25) is 14.5 Å². The second kappa shape index (κ2) is 8.42. The minimum absolute atomic E-state index is 0.0591. The van der Waals surface area contributed by atoms with Crippen molar-refractivity contribution < 1.29 is 14.0 Å². The van der Waals surface area contributed by atoms with Gasteiger partial charge < -0.3 is 10.6 Å². The maximum Gasteiger partial charge on any atom is 0.234 e. The van der Waals surface area contributed by atoms with Crippen LogP contribution in [-0.4, -0.2) is 42.9 Å². The predicted molar refractivity (Wildman–Crippen MR) is 99.4 cm³/mol. The van der Waals surface area contributed by atoms with E-state index in [9.17, 15) is 14.0 Å². The van der Waals surface area contributed by atoms with Gasteiger partial charge in [-0.25, -0.2) is 4.39 Å². The molecule has 1 atom stereocenters. The van der Waals surface area contributed by atoms with E-state index in [-0.39, 0.29) is 36.8 Å². The van der Waals surface area contributed by atoms with Gasteiger partial charge in [0.1, 0.15) is 5.82 Å². The Morgan fingerprint density at radius 3 is 2.50 bits per heavy atom. The van der Waals surface area contributed by atoms with Crippen LogP contribution in [0.25, 0.3) is 0 Å². The highest BCUT2D eigenvalue weighted by Crippen LogP contribution is 2.26. The molecule has 0 saturated heterocycles. The summed E-state index contributed by atoms with van der Waals surface area (Å²) in [7, 11) is 1.74. The molecule has 0 radical (unpaired) electrons. The molecule has 0 aliphatic heterocycles. The van der Waals surface area contributed by atoms with Crippen molar-refractivity contribution in [2.24, 2.45) is 0 Å². The van der Waals surface area contributed by atoms with E-state index in [1.165, 1.54) is 23.5 Å². The lowest BCUT2D eigenvalue weighted by Gasteiger charge is -2.21. The van der Waals surface area contributed by atoms with E-state index >= 15 is 0 Å². The van der Waals surface area contributed by atoms with Gasteiger partial charge in [0.25, 0.3) is 0 Å². The first kappa shape index (κ1) is 18.5. The minimum Gasteiger partial charge on any atom is -0.352 e. The number of rotatable bonds is 8. The number of likely N-dealkylation sites (N-methyl/N-ethyl adjacent to an activating group) is 1. The Morgan fingerprint density at radius 1 is 1.19 bits per heavy atom. The van der Waals surface area contributed by atoms with Crippen molar-refractivity contribution >= 4 is 23.2 Å². The number of halogens is 1. The number of nitrogens with zero attached hydrogens (tertiary/aromatic N) is 1. The molecule has 138 valence electrons. The van der Waals surface area contributed by atoms with Crippen LogP contribution in [0.3, 0.4) is 0 Å². The Bertz CT molecular complexity index is 745. The van der Waals surface area contributed by atoms with Crippen LogP contribution in [0.2, 0.25) is 0 Å². The van der Waals surface area contributed by atoms with Crippen molar-refractivity contribution in [1.82, 2.24) is 15.5 Å². The third kappa shape index (κ3) is 5.37. The van der Waals surface area contributed by atoms with E-state index in [2.05, 4.69) is 10.6 Å². The van der Waals surface area contributed by atoms with Gasteiger partial charge in [-0.15, -0.1) is 11.3 Å². The van der Waals surface area contributed by atoms with Gasteiger partial charge in [-0.05, 0) is 49.0 Å². The van der Waals surface area contributed by atoms with E-state index in [1.54, 1.807) is 24.1 Å². The Hall–Kier alpha value is -2.25. The first-order valence-electron chi connectivity index (χ1n) is 8.57. The fourth-order valence-electron chi connectivity index (χ4n) is 2.68. The van der Waals surface area contributed by atoms with Crippen LogP contribution < -0.4 is 10.6 Å². The molecule has 2 aromatic rings. The summed E-state index contributed by atoms with van der Waals surface area (Å²) in [6.45, 7) is 0.297. The molecule has 3 rings (SSSR count). The molecular formula is C19H22FN3O2S. The molecular weight excluding hydrogens is 353 g/mol. The van der Waals surface area contributed by atoms with Gasteiger partial charge >= 0.3 is 0 Å². The first-order chi connectivity index (χ1) is 12.5. The van der Waals surface area contributed by atoms with Gasteiger partial charge in [0, 0.05) is 10.9 Å². The zero-order valence-corrected chi connectivity index (χ0v) is 15.4. The van der Waals surface area contributed by atoms with E-state index < -0.39 is 0 Å². The van der Waals surface area contributed by atoms with Crippen molar-refractivity contribution in [3.63, 3.8) is 0 Å². The largest absolute Gasteiger partial charge is 0.352 e. The van der Waals surface area contributed by atoms with Crippen LogP contribution in [0.4, 0.5) is 4.39 Å². The highest BCUT2D eigenvalue weighted by atomic mass is 32.1. The standard InChI is InChI=1S/C19H22FN3O2S/c1-23(11-17(24)21-15-8-9-15)12-18(25)22-19(16-3-2-10-26-16)13-4-6-14(20)7-5-13/h2-7,10,15,19H,8-9,11-12H2,1H3,(H,21,24)(H,22,25)/t19-/m0/s1. The predicted octanol–water partition coefficient (Wildman–Crippen LogP) is 2.30. The molecule has 0 unspecified atom stereocenters. The van der Waals surface area contributed by atoms with Gasteiger partial charge in [-0.1, -0.05) is 18.2 Å². The maximum absolute atomic E-state index is 13.2. The Kier molecular flexibility index (Phi) is 6.00. The van der Waals surface area contributed by atoms with Gasteiger partial charge in [-0.2, -0.15) is 0 Å². The zero-order chi connectivity index (χ0) is 18.5. The quantitative estimate of drug-likeness (QED) is 0.744. The number of carbonyl (C=O) groups is 2. The summed E-state index contributed by atoms with van der Waals surface area (Å²) in [4.78, 5) is 26.9. The van der Waals surface area contributed by atoms with Crippen molar-refractivity contribution in [3.8, 4) is 0 Å². The molecule has 2 N–H and O–H groups in total. The topological polar surface area (TPSA) is 61.4 Å². The van der Waals surface area contributed by atoms with Crippen LogP contribution in [0.15, 0.2) is 41.8 Å².